The van der Waals surface area contributed by atoms with Crippen molar-refractivity contribution in [3.8, 4) is 5.75 Å². The van der Waals surface area contributed by atoms with Gasteiger partial charge in [-0.1, -0.05) is 6.08 Å². The number of nitrogens with zero attached hydrogens (tertiary/aromatic N) is 1. The lowest BCUT2D eigenvalue weighted by Gasteiger charge is -2.24. The fourth-order valence-corrected chi connectivity index (χ4v) is 2.73. The van der Waals surface area contributed by atoms with Gasteiger partial charge in [-0.15, -0.1) is 0 Å². The molecule has 0 spiro atoms. The quantitative estimate of drug-likeness (QED) is 0.902. The van der Waals surface area contributed by atoms with Gasteiger partial charge in [0.25, 0.3) is 0 Å². The zero-order chi connectivity index (χ0) is 14.2. The Hall–Kier alpha value is -1.47. The molecule has 0 radical (unpaired) electrons. The molecule has 19 heavy (non-hydrogen) atoms. The van der Waals surface area contributed by atoms with Gasteiger partial charge < -0.3 is 5.11 Å². The maximum atomic E-state index is 13.2. The highest BCUT2D eigenvalue weighted by Crippen LogP contribution is 2.28. The van der Waals surface area contributed by atoms with Gasteiger partial charge in [0, 0.05) is 13.1 Å². The van der Waals surface area contributed by atoms with Gasteiger partial charge in [0.1, 0.15) is 0 Å². The highest BCUT2D eigenvalue weighted by atomic mass is 32.2. The number of hydrogen-bond acceptors (Lipinski definition) is 3. The van der Waals surface area contributed by atoms with Crippen molar-refractivity contribution in [3.05, 3.63) is 35.4 Å². The Morgan fingerprint density at radius 1 is 1.26 bits per heavy atom. The Bertz CT molecular complexity index is 617. The molecule has 0 atom stereocenters. The third-order valence-corrected chi connectivity index (χ3v) is 4.30. The second kappa shape index (κ2) is 4.90. The van der Waals surface area contributed by atoms with E-state index in [4.69, 9.17) is 5.11 Å². The molecular weight excluding hydrogens is 276 g/mol. The van der Waals surface area contributed by atoms with Crippen molar-refractivity contribution in [1.82, 2.24) is 4.31 Å². The number of benzene rings is 1. The highest BCUT2D eigenvalue weighted by molar-refractivity contribution is 7.88. The first-order valence-electron chi connectivity index (χ1n) is 5.61. The van der Waals surface area contributed by atoms with E-state index in [0.717, 1.165) is 18.4 Å². The molecule has 1 aromatic rings. The molecule has 7 heteroatoms. The van der Waals surface area contributed by atoms with Gasteiger partial charge in [-0.3, -0.25) is 0 Å². The fourth-order valence-electron chi connectivity index (χ4n) is 1.96. The molecule has 0 amide bonds. The Kier molecular flexibility index (Phi) is 3.60. The number of aromatic hydroxyl groups is 1. The highest BCUT2D eigenvalue weighted by Gasteiger charge is 2.21. The Morgan fingerprint density at radius 3 is 2.26 bits per heavy atom. The van der Waals surface area contributed by atoms with Gasteiger partial charge in [-0.25, -0.2) is 17.2 Å². The Labute approximate surface area is 110 Å². The van der Waals surface area contributed by atoms with E-state index in [0.29, 0.717) is 17.6 Å². The van der Waals surface area contributed by atoms with Crippen LogP contribution in [0.5, 0.6) is 5.75 Å². The third kappa shape index (κ3) is 2.93. The summed E-state index contributed by atoms with van der Waals surface area (Å²) >= 11 is 0. The van der Waals surface area contributed by atoms with Gasteiger partial charge in [0.2, 0.25) is 10.0 Å². The maximum absolute atomic E-state index is 13.2. The van der Waals surface area contributed by atoms with Gasteiger partial charge in [0.15, 0.2) is 17.4 Å². The average molecular weight is 289 g/mol. The van der Waals surface area contributed by atoms with Crippen molar-refractivity contribution < 1.29 is 22.3 Å². The van der Waals surface area contributed by atoms with Crippen LogP contribution < -0.4 is 0 Å². The minimum Gasteiger partial charge on any atom is -0.503 e. The number of phenolic OH excluding ortho intramolecular Hbond substituents is 1. The van der Waals surface area contributed by atoms with E-state index in [1.54, 1.807) is 6.08 Å². The maximum Gasteiger partial charge on any atom is 0.211 e. The standard InChI is InChI=1S/C12H13F2NO3S/c1-19(17,18)15-4-2-8(3-5-15)9-6-10(13)12(16)11(14)7-9/h2,6-7,16H,3-5H2,1H3. The lowest BCUT2D eigenvalue weighted by atomic mass is 10.00. The molecule has 1 N–H and O–H groups in total. The minimum atomic E-state index is -3.25. The topological polar surface area (TPSA) is 57.6 Å². The summed E-state index contributed by atoms with van der Waals surface area (Å²) in [5.74, 6) is -3.05. The smallest absolute Gasteiger partial charge is 0.211 e. The number of sulfonamides is 1. The second-order valence-corrected chi connectivity index (χ2v) is 6.37. The van der Waals surface area contributed by atoms with Crippen LogP contribution in [-0.4, -0.2) is 37.2 Å². The lowest BCUT2D eigenvalue weighted by Crippen LogP contribution is -2.33. The van der Waals surface area contributed by atoms with Gasteiger partial charge in [-0.2, -0.15) is 4.31 Å². The average Bonchev–Trinajstić information content (AvgIpc) is 2.34. The molecule has 1 aliphatic heterocycles. The molecular formula is C12H13F2NO3S. The number of hydrogen-bond donors (Lipinski definition) is 1. The molecule has 104 valence electrons. The first kappa shape index (κ1) is 14.0. The summed E-state index contributed by atoms with van der Waals surface area (Å²) in [7, 11) is -3.25. The molecule has 0 fully saturated rings. The summed E-state index contributed by atoms with van der Waals surface area (Å²) in [6.07, 6.45) is 3.11. The molecule has 0 saturated carbocycles. The van der Waals surface area contributed by atoms with E-state index >= 15 is 0 Å². The van der Waals surface area contributed by atoms with Crippen molar-refractivity contribution in [1.29, 1.82) is 0 Å². The predicted molar refractivity (Wildman–Crippen MR) is 67.0 cm³/mol. The summed E-state index contributed by atoms with van der Waals surface area (Å²) in [5.41, 5.74) is 0.985. The van der Waals surface area contributed by atoms with Gasteiger partial charge >= 0.3 is 0 Å². The van der Waals surface area contributed by atoms with Crippen LogP contribution in [-0.2, 0) is 10.0 Å². The van der Waals surface area contributed by atoms with Crippen LogP contribution in [0.4, 0.5) is 8.78 Å². The van der Waals surface area contributed by atoms with Gasteiger partial charge in [-0.05, 0) is 29.7 Å². The summed E-state index contributed by atoms with van der Waals surface area (Å²) in [6.45, 7) is 0.451. The van der Waals surface area contributed by atoms with Crippen molar-refractivity contribution in [2.75, 3.05) is 19.3 Å². The molecule has 4 nitrogen and oxygen atoms in total. The number of phenols is 1. The zero-order valence-electron chi connectivity index (χ0n) is 10.2. The number of rotatable bonds is 2. The first-order valence-corrected chi connectivity index (χ1v) is 7.46. The van der Waals surface area contributed by atoms with E-state index in [2.05, 4.69) is 0 Å². The molecule has 0 aliphatic carbocycles. The van der Waals surface area contributed by atoms with E-state index in [1.165, 1.54) is 4.31 Å². The van der Waals surface area contributed by atoms with Crippen LogP contribution in [0.2, 0.25) is 0 Å². The third-order valence-electron chi connectivity index (χ3n) is 3.03. The lowest BCUT2D eigenvalue weighted by molar-refractivity contribution is 0.396. The summed E-state index contributed by atoms with van der Waals surface area (Å²) in [4.78, 5) is 0. The van der Waals surface area contributed by atoms with Crippen molar-refractivity contribution in [2.45, 2.75) is 6.42 Å². The molecule has 2 rings (SSSR count). The van der Waals surface area contributed by atoms with Crippen molar-refractivity contribution >= 4 is 15.6 Å². The zero-order valence-corrected chi connectivity index (χ0v) is 11.0. The predicted octanol–water partition coefficient (Wildman–Crippen LogP) is 1.72. The van der Waals surface area contributed by atoms with Crippen LogP contribution in [0.3, 0.4) is 0 Å². The molecule has 1 aliphatic rings. The SMILES string of the molecule is CS(=O)(=O)N1CC=C(c2cc(F)c(O)c(F)c2)CC1. The summed E-state index contributed by atoms with van der Waals surface area (Å²) in [6, 6.07) is 2.08. The van der Waals surface area contributed by atoms with E-state index in [1.807, 2.05) is 0 Å². The largest absolute Gasteiger partial charge is 0.503 e. The number of halogens is 2. The Morgan fingerprint density at radius 2 is 1.84 bits per heavy atom. The molecule has 1 aromatic carbocycles. The minimum absolute atomic E-state index is 0.179. The molecule has 0 saturated heterocycles. The van der Waals surface area contributed by atoms with Crippen LogP contribution >= 0.6 is 0 Å². The first-order chi connectivity index (χ1) is 8.79. The Balaban J connectivity index is 2.28. The van der Waals surface area contributed by atoms with Crippen molar-refractivity contribution in [2.24, 2.45) is 0 Å². The monoisotopic (exact) mass is 289 g/mol. The van der Waals surface area contributed by atoms with Gasteiger partial charge in [0.05, 0.1) is 6.26 Å². The summed E-state index contributed by atoms with van der Waals surface area (Å²) < 4.78 is 50.4. The molecule has 1 heterocycles. The normalized spacial score (nSPS) is 17.3. The van der Waals surface area contributed by atoms with Crippen LogP contribution in [0, 0.1) is 11.6 Å². The molecule has 0 unspecified atom stereocenters. The van der Waals surface area contributed by atoms with Crippen LogP contribution in [0.15, 0.2) is 18.2 Å². The van der Waals surface area contributed by atoms with E-state index < -0.39 is 27.4 Å². The summed E-state index contributed by atoms with van der Waals surface area (Å²) in [5, 5.41) is 9.02. The fraction of sp³-hybridized carbons (Fsp3) is 0.333. The van der Waals surface area contributed by atoms with E-state index in [9.17, 15) is 17.2 Å². The van der Waals surface area contributed by atoms with Crippen molar-refractivity contribution in [3.63, 3.8) is 0 Å². The second-order valence-electron chi connectivity index (χ2n) is 4.39. The van der Waals surface area contributed by atoms with Crippen LogP contribution in [0.25, 0.3) is 5.57 Å². The molecule has 0 bridgehead atoms. The molecule has 0 aromatic heterocycles. The van der Waals surface area contributed by atoms with Crippen LogP contribution in [0.1, 0.15) is 12.0 Å². The van der Waals surface area contributed by atoms with E-state index in [-0.39, 0.29) is 13.1 Å².